The highest BCUT2D eigenvalue weighted by Crippen LogP contribution is 2.36. The van der Waals surface area contributed by atoms with Crippen LogP contribution in [0.2, 0.25) is 5.02 Å². The summed E-state index contributed by atoms with van der Waals surface area (Å²) >= 11 is 15.9. The molecule has 0 aliphatic heterocycles. The highest BCUT2D eigenvalue weighted by molar-refractivity contribution is 9.11. The van der Waals surface area contributed by atoms with E-state index < -0.39 is 0 Å². The molecule has 0 bridgehead atoms. The Bertz CT molecular complexity index is 639. The number of carbonyl (C=O) groups excluding carboxylic acids is 1. The molecule has 0 saturated heterocycles. The third-order valence-electron chi connectivity index (χ3n) is 2.44. The lowest BCUT2D eigenvalue weighted by Gasteiger charge is -2.11. The van der Waals surface area contributed by atoms with E-state index >= 15 is 0 Å². The van der Waals surface area contributed by atoms with Crippen molar-refractivity contribution < 1.29 is 9.53 Å². The molecule has 0 saturated carbocycles. The molecule has 0 heterocycles. The molecule has 0 fully saturated rings. The second-order valence-electron chi connectivity index (χ2n) is 4.04. The van der Waals surface area contributed by atoms with Crippen molar-refractivity contribution in [3.63, 3.8) is 0 Å². The van der Waals surface area contributed by atoms with Gasteiger partial charge >= 0.3 is 0 Å². The van der Waals surface area contributed by atoms with E-state index in [2.05, 4.69) is 53.1 Å². The van der Waals surface area contributed by atoms with E-state index in [1.165, 1.54) is 0 Å². The zero-order chi connectivity index (χ0) is 15.4. The van der Waals surface area contributed by atoms with Crippen LogP contribution in [0.15, 0.2) is 49.8 Å². The molecule has 0 spiro atoms. The van der Waals surface area contributed by atoms with Crippen molar-refractivity contribution in [2.24, 2.45) is 0 Å². The van der Waals surface area contributed by atoms with Crippen LogP contribution in [-0.2, 0) is 4.79 Å². The molecule has 0 radical (unpaired) electrons. The zero-order valence-corrected chi connectivity index (χ0v) is 16.0. The van der Waals surface area contributed by atoms with Crippen molar-refractivity contribution in [1.82, 2.24) is 0 Å². The Kier molecular flexibility index (Phi) is 6.10. The Morgan fingerprint density at radius 3 is 2.24 bits per heavy atom. The smallest absolute Gasteiger partial charge is 0.262 e. The van der Waals surface area contributed by atoms with Gasteiger partial charge in [0.05, 0.1) is 8.95 Å². The zero-order valence-electron chi connectivity index (χ0n) is 10.5. The summed E-state index contributed by atoms with van der Waals surface area (Å²) in [6.45, 7) is -0.0958. The summed E-state index contributed by atoms with van der Waals surface area (Å²) in [5, 5.41) is 3.34. The lowest BCUT2D eigenvalue weighted by molar-refractivity contribution is -0.118. The van der Waals surface area contributed by atoms with Crippen LogP contribution in [0.4, 0.5) is 5.69 Å². The second-order valence-corrected chi connectivity index (χ2v) is 7.10. The summed E-state index contributed by atoms with van der Waals surface area (Å²) in [6, 6.07) is 10.6. The van der Waals surface area contributed by atoms with Crippen molar-refractivity contribution in [1.29, 1.82) is 0 Å². The highest BCUT2D eigenvalue weighted by atomic mass is 79.9. The Balaban J connectivity index is 1.97. The molecular formula is C14H9Br3ClNO2. The van der Waals surface area contributed by atoms with Gasteiger partial charge in [0.2, 0.25) is 0 Å². The predicted molar refractivity (Wildman–Crippen MR) is 95.1 cm³/mol. The van der Waals surface area contributed by atoms with Gasteiger partial charge in [-0.05, 0) is 68.3 Å². The molecule has 0 unspecified atom stereocenters. The first-order valence-electron chi connectivity index (χ1n) is 5.78. The lowest BCUT2D eigenvalue weighted by Crippen LogP contribution is -2.20. The van der Waals surface area contributed by atoms with Crippen LogP contribution in [0.1, 0.15) is 0 Å². The molecule has 7 heteroatoms. The number of amides is 1. The van der Waals surface area contributed by atoms with Gasteiger partial charge in [0.1, 0.15) is 5.75 Å². The Hall–Kier alpha value is -0.560. The Labute approximate surface area is 152 Å². The first kappa shape index (κ1) is 16.8. The van der Waals surface area contributed by atoms with E-state index in [1.807, 2.05) is 12.1 Å². The molecule has 0 aromatic heterocycles. The fourth-order valence-electron chi connectivity index (χ4n) is 1.53. The van der Waals surface area contributed by atoms with E-state index in [4.69, 9.17) is 16.3 Å². The van der Waals surface area contributed by atoms with Crippen molar-refractivity contribution in [3.8, 4) is 5.75 Å². The molecule has 0 aliphatic carbocycles. The van der Waals surface area contributed by atoms with Gasteiger partial charge in [0.25, 0.3) is 5.91 Å². The molecular weight excluding hydrogens is 489 g/mol. The second kappa shape index (κ2) is 7.63. The lowest BCUT2D eigenvalue weighted by atomic mass is 10.3. The number of carbonyl (C=O) groups is 1. The molecule has 21 heavy (non-hydrogen) atoms. The minimum Gasteiger partial charge on any atom is -0.481 e. The van der Waals surface area contributed by atoms with Crippen LogP contribution in [-0.4, -0.2) is 12.5 Å². The monoisotopic (exact) mass is 495 g/mol. The van der Waals surface area contributed by atoms with Crippen molar-refractivity contribution in [3.05, 3.63) is 54.8 Å². The summed E-state index contributed by atoms with van der Waals surface area (Å²) in [5.74, 6) is 0.323. The molecule has 1 amide bonds. The molecule has 2 aromatic rings. The summed E-state index contributed by atoms with van der Waals surface area (Å²) in [5.41, 5.74) is 0.668. The number of ether oxygens (including phenoxy) is 1. The average molecular weight is 498 g/mol. The summed E-state index contributed by atoms with van der Waals surface area (Å²) in [4.78, 5) is 11.9. The molecule has 1 N–H and O–H groups in total. The van der Waals surface area contributed by atoms with E-state index in [1.54, 1.807) is 24.3 Å². The van der Waals surface area contributed by atoms with Crippen molar-refractivity contribution >= 4 is 71.0 Å². The summed E-state index contributed by atoms with van der Waals surface area (Å²) < 4.78 is 7.94. The largest absolute Gasteiger partial charge is 0.481 e. The fraction of sp³-hybridized carbons (Fsp3) is 0.0714. The number of halogens is 4. The maximum atomic E-state index is 11.9. The summed E-state index contributed by atoms with van der Waals surface area (Å²) in [7, 11) is 0. The molecule has 2 rings (SSSR count). The van der Waals surface area contributed by atoms with Gasteiger partial charge in [-0.1, -0.05) is 27.5 Å². The maximum absolute atomic E-state index is 11.9. The minimum absolute atomic E-state index is 0.0958. The number of hydrogen-bond donors (Lipinski definition) is 1. The van der Waals surface area contributed by atoms with E-state index in [0.717, 1.165) is 13.4 Å². The number of benzene rings is 2. The predicted octanol–water partition coefficient (Wildman–Crippen LogP) is 5.65. The van der Waals surface area contributed by atoms with E-state index in [9.17, 15) is 4.79 Å². The molecule has 0 aliphatic rings. The highest BCUT2D eigenvalue weighted by Gasteiger charge is 2.10. The van der Waals surface area contributed by atoms with Gasteiger partial charge in [0, 0.05) is 15.2 Å². The SMILES string of the molecule is O=C(COc1c(Br)cc(Br)cc1Br)Nc1ccc(Cl)cc1. The fourth-order valence-corrected chi connectivity index (χ4v) is 4.15. The van der Waals surface area contributed by atoms with Gasteiger partial charge < -0.3 is 10.1 Å². The van der Waals surface area contributed by atoms with Crippen LogP contribution in [0.5, 0.6) is 5.75 Å². The van der Waals surface area contributed by atoms with Gasteiger partial charge in [-0.15, -0.1) is 0 Å². The first-order chi connectivity index (χ1) is 9.95. The van der Waals surface area contributed by atoms with Crippen molar-refractivity contribution in [2.45, 2.75) is 0 Å². The molecule has 3 nitrogen and oxygen atoms in total. The van der Waals surface area contributed by atoms with E-state index in [0.29, 0.717) is 16.5 Å². The topological polar surface area (TPSA) is 38.3 Å². The van der Waals surface area contributed by atoms with Crippen molar-refractivity contribution in [2.75, 3.05) is 11.9 Å². The maximum Gasteiger partial charge on any atom is 0.262 e. The summed E-state index contributed by atoms with van der Waals surface area (Å²) in [6.07, 6.45) is 0. The van der Waals surface area contributed by atoms with Gasteiger partial charge in [-0.3, -0.25) is 4.79 Å². The van der Waals surface area contributed by atoms with E-state index in [-0.39, 0.29) is 12.5 Å². The number of rotatable bonds is 4. The third kappa shape index (κ3) is 4.98. The van der Waals surface area contributed by atoms with Crippen LogP contribution < -0.4 is 10.1 Å². The normalized spacial score (nSPS) is 10.3. The Morgan fingerprint density at radius 1 is 1.10 bits per heavy atom. The number of hydrogen-bond acceptors (Lipinski definition) is 2. The van der Waals surface area contributed by atoms with Gasteiger partial charge in [-0.2, -0.15) is 0 Å². The minimum atomic E-state index is -0.251. The molecule has 2 aromatic carbocycles. The van der Waals surface area contributed by atoms with Crippen LogP contribution in [0.3, 0.4) is 0 Å². The third-order valence-corrected chi connectivity index (χ3v) is 4.33. The van der Waals surface area contributed by atoms with Gasteiger partial charge in [-0.25, -0.2) is 0 Å². The van der Waals surface area contributed by atoms with Crippen LogP contribution >= 0.6 is 59.4 Å². The number of nitrogens with one attached hydrogen (secondary N) is 1. The standard InChI is InChI=1S/C14H9Br3ClNO2/c15-8-5-11(16)14(12(17)6-8)21-7-13(20)19-10-3-1-9(18)2-4-10/h1-6H,7H2,(H,19,20). The molecule has 0 atom stereocenters. The van der Waals surface area contributed by atoms with Crippen LogP contribution in [0, 0.1) is 0 Å². The molecule has 110 valence electrons. The van der Waals surface area contributed by atoms with Crippen LogP contribution in [0.25, 0.3) is 0 Å². The number of anilines is 1. The average Bonchev–Trinajstić information content (AvgIpc) is 2.40. The quantitative estimate of drug-likeness (QED) is 0.592. The van der Waals surface area contributed by atoms with Gasteiger partial charge in [0.15, 0.2) is 6.61 Å². The Morgan fingerprint density at radius 2 is 1.67 bits per heavy atom. The first-order valence-corrected chi connectivity index (χ1v) is 8.54.